The van der Waals surface area contributed by atoms with Crippen LogP contribution in [0.25, 0.3) is 0 Å². The Morgan fingerprint density at radius 1 is 1.29 bits per heavy atom. The van der Waals surface area contributed by atoms with Gasteiger partial charge in [0.1, 0.15) is 0 Å². The van der Waals surface area contributed by atoms with Crippen molar-refractivity contribution < 1.29 is 22.7 Å². The van der Waals surface area contributed by atoms with Crippen LogP contribution in [0.2, 0.25) is 0 Å². The first-order chi connectivity index (χ1) is 9.88. The predicted octanol–water partition coefficient (Wildman–Crippen LogP) is 1.94. The number of ether oxygens (including phenoxy) is 1. The Morgan fingerprint density at radius 2 is 1.90 bits per heavy atom. The smallest absolute Gasteiger partial charge is 0.381 e. The zero-order valence-electron chi connectivity index (χ0n) is 11.4. The summed E-state index contributed by atoms with van der Waals surface area (Å²) in [7, 11) is 0. The van der Waals surface area contributed by atoms with Crippen LogP contribution in [0, 0.1) is 0 Å². The molecule has 2 rings (SSSR count). The molecule has 0 aliphatic carbocycles. The lowest BCUT2D eigenvalue weighted by Crippen LogP contribution is -2.56. The number of carbonyl (C=O) groups is 1. The SMILES string of the molecule is NCC1(NC(=O)c2ccccc2C(F)(F)F)CCOCC1. The highest BCUT2D eigenvalue weighted by Crippen LogP contribution is 2.32. The van der Waals surface area contributed by atoms with E-state index in [1.165, 1.54) is 18.2 Å². The first kappa shape index (κ1) is 15.8. The van der Waals surface area contributed by atoms with Gasteiger partial charge in [0.2, 0.25) is 0 Å². The van der Waals surface area contributed by atoms with Gasteiger partial charge in [-0.05, 0) is 25.0 Å². The maximum atomic E-state index is 12.9. The normalized spacial score (nSPS) is 18.3. The summed E-state index contributed by atoms with van der Waals surface area (Å²) < 4.78 is 44.0. The van der Waals surface area contributed by atoms with E-state index in [9.17, 15) is 18.0 Å². The summed E-state index contributed by atoms with van der Waals surface area (Å²) in [6.45, 7) is 1.02. The molecular formula is C14H17F3N2O2. The van der Waals surface area contributed by atoms with E-state index < -0.39 is 23.2 Å². The van der Waals surface area contributed by atoms with Gasteiger partial charge in [0.25, 0.3) is 5.91 Å². The summed E-state index contributed by atoms with van der Waals surface area (Å²) in [5.41, 5.74) is 3.67. The lowest BCUT2D eigenvalue weighted by molar-refractivity contribution is -0.138. The molecule has 1 aliphatic heterocycles. The van der Waals surface area contributed by atoms with E-state index in [-0.39, 0.29) is 12.1 Å². The van der Waals surface area contributed by atoms with Gasteiger partial charge in [-0.1, -0.05) is 12.1 Å². The molecule has 1 heterocycles. The van der Waals surface area contributed by atoms with Crippen LogP contribution in [0.1, 0.15) is 28.8 Å². The number of rotatable bonds is 3. The minimum absolute atomic E-state index is 0.163. The quantitative estimate of drug-likeness (QED) is 0.897. The molecule has 1 aromatic carbocycles. The third-order valence-corrected chi connectivity index (χ3v) is 3.70. The Kier molecular flexibility index (Phi) is 4.53. The highest BCUT2D eigenvalue weighted by molar-refractivity contribution is 5.96. The highest BCUT2D eigenvalue weighted by Gasteiger charge is 2.38. The Morgan fingerprint density at radius 3 is 2.48 bits per heavy atom. The number of amides is 1. The Labute approximate surface area is 120 Å². The van der Waals surface area contributed by atoms with Gasteiger partial charge < -0.3 is 15.8 Å². The van der Waals surface area contributed by atoms with Crippen LogP contribution in [0.5, 0.6) is 0 Å². The van der Waals surface area contributed by atoms with E-state index in [0.29, 0.717) is 26.1 Å². The lowest BCUT2D eigenvalue weighted by atomic mass is 9.89. The summed E-state index contributed by atoms with van der Waals surface area (Å²) in [4.78, 5) is 12.2. The average Bonchev–Trinajstić information content (AvgIpc) is 2.47. The first-order valence-electron chi connectivity index (χ1n) is 6.64. The van der Waals surface area contributed by atoms with E-state index in [2.05, 4.69) is 5.32 Å². The van der Waals surface area contributed by atoms with Gasteiger partial charge >= 0.3 is 6.18 Å². The Bertz CT molecular complexity index is 511. The summed E-state index contributed by atoms with van der Waals surface area (Å²) >= 11 is 0. The second-order valence-corrected chi connectivity index (χ2v) is 5.09. The van der Waals surface area contributed by atoms with E-state index in [4.69, 9.17) is 10.5 Å². The lowest BCUT2D eigenvalue weighted by Gasteiger charge is -2.37. The number of carbonyl (C=O) groups excluding carboxylic acids is 1. The summed E-state index contributed by atoms with van der Waals surface area (Å²) in [5.74, 6) is -0.754. The van der Waals surface area contributed by atoms with Gasteiger partial charge in [-0.2, -0.15) is 13.2 Å². The zero-order chi connectivity index (χ0) is 15.5. The van der Waals surface area contributed by atoms with E-state index in [1.807, 2.05) is 0 Å². The molecule has 3 N–H and O–H groups in total. The minimum atomic E-state index is -4.57. The number of nitrogens with one attached hydrogen (secondary N) is 1. The van der Waals surface area contributed by atoms with Crippen molar-refractivity contribution in [1.29, 1.82) is 0 Å². The second-order valence-electron chi connectivity index (χ2n) is 5.09. The van der Waals surface area contributed by atoms with Crippen LogP contribution in [-0.2, 0) is 10.9 Å². The topological polar surface area (TPSA) is 64.3 Å². The number of hydrogen-bond acceptors (Lipinski definition) is 3. The Hall–Kier alpha value is -1.60. The molecule has 0 radical (unpaired) electrons. The molecule has 21 heavy (non-hydrogen) atoms. The fourth-order valence-corrected chi connectivity index (χ4v) is 2.38. The number of alkyl halides is 3. The number of benzene rings is 1. The third kappa shape index (κ3) is 3.54. The van der Waals surface area contributed by atoms with Crippen LogP contribution in [0.15, 0.2) is 24.3 Å². The van der Waals surface area contributed by atoms with Crippen LogP contribution in [0.3, 0.4) is 0 Å². The first-order valence-corrected chi connectivity index (χ1v) is 6.64. The maximum Gasteiger partial charge on any atom is 0.417 e. The highest BCUT2D eigenvalue weighted by atomic mass is 19.4. The van der Waals surface area contributed by atoms with Gasteiger partial charge in [-0.25, -0.2) is 0 Å². The molecule has 1 aliphatic rings. The third-order valence-electron chi connectivity index (χ3n) is 3.70. The van der Waals surface area contributed by atoms with Gasteiger partial charge in [0, 0.05) is 19.8 Å². The molecule has 1 amide bonds. The van der Waals surface area contributed by atoms with Crippen molar-refractivity contribution in [2.75, 3.05) is 19.8 Å². The summed E-state index contributed by atoms with van der Waals surface area (Å²) in [6.07, 6.45) is -3.59. The van der Waals surface area contributed by atoms with Gasteiger partial charge in [0.05, 0.1) is 16.7 Å². The largest absolute Gasteiger partial charge is 0.417 e. The van der Waals surface area contributed by atoms with Crippen LogP contribution in [-0.4, -0.2) is 31.2 Å². The van der Waals surface area contributed by atoms with Gasteiger partial charge in [-0.3, -0.25) is 4.79 Å². The maximum absolute atomic E-state index is 12.9. The van der Waals surface area contributed by atoms with Crippen molar-refractivity contribution in [3.63, 3.8) is 0 Å². The standard InChI is InChI=1S/C14H17F3N2O2/c15-14(16,17)11-4-2-1-3-10(11)12(20)19-13(9-18)5-7-21-8-6-13/h1-4H,5-9,18H2,(H,19,20). The van der Waals surface area contributed by atoms with Crippen molar-refractivity contribution in [1.82, 2.24) is 5.32 Å². The predicted molar refractivity (Wildman–Crippen MR) is 70.7 cm³/mol. The minimum Gasteiger partial charge on any atom is -0.381 e. The molecule has 0 unspecified atom stereocenters. The van der Waals surface area contributed by atoms with Crippen LogP contribution >= 0.6 is 0 Å². The number of halogens is 3. The summed E-state index contributed by atoms with van der Waals surface area (Å²) in [5, 5.41) is 2.67. The van der Waals surface area contributed by atoms with Crippen molar-refractivity contribution in [2.45, 2.75) is 24.6 Å². The van der Waals surface area contributed by atoms with E-state index in [0.717, 1.165) is 6.07 Å². The molecule has 0 aromatic heterocycles. The summed E-state index contributed by atoms with van der Waals surface area (Å²) in [6, 6.07) is 4.73. The molecular weight excluding hydrogens is 285 g/mol. The van der Waals surface area contributed by atoms with Gasteiger partial charge in [0.15, 0.2) is 0 Å². The van der Waals surface area contributed by atoms with Crippen molar-refractivity contribution in [3.05, 3.63) is 35.4 Å². The molecule has 7 heteroatoms. The van der Waals surface area contributed by atoms with Crippen LogP contribution < -0.4 is 11.1 Å². The van der Waals surface area contributed by atoms with Gasteiger partial charge in [-0.15, -0.1) is 0 Å². The van der Waals surface area contributed by atoms with Crippen molar-refractivity contribution in [2.24, 2.45) is 5.73 Å². The molecule has 0 saturated carbocycles. The van der Waals surface area contributed by atoms with E-state index in [1.54, 1.807) is 0 Å². The molecule has 1 fully saturated rings. The molecule has 1 aromatic rings. The Balaban J connectivity index is 2.24. The second kappa shape index (κ2) is 6.03. The molecule has 4 nitrogen and oxygen atoms in total. The van der Waals surface area contributed by atoms with Crippen molar-refractivity contribution in [3.8, 4) is 0 Å². The fraction of sp³-hybridized carbons (Fsp3) is 0.500. The molecule has 1 saturated heterocycles. The van der Waals surface area contributed by atoms with E-state index >= 15 is 0 Å². The number of nitrogens with two attached hydrogens (primary N) is 1. The number of hydrogen-bond donors (Lipinski definition) is 2. The average molecular weight is 302 g/mol. The molecule has 0 spiro atoms. The van der Waals surface area contributed by atoms with Crippen LogP contribution in [0.4, 0.5) is 13.2 Å². The monoisotopic (exact) mass is 302 g/mol. The zero-order valence-corrected chi connectivity index (χ0v) is 11.4. The van der Waals surface area contributed by atoms with Crippen molar-refractivity contribution >= 4 is 5.91 Å². The molecule has 0 bridgehead atoms. The molecule has 116 valence electrons. The molecule has 0 atom stereocenters. The fourth-order valence-electron chi connectivity index (χ4n) is 2.38.